The predicted octanol–water partition coefficient (Wildman–Crippen LogP) is 0.723. The molecule has 0 radical (unpaired) electrons. The highest BCUT2D eigenvalue weighted by molar-refractivity contribution is 7.80. The first-order valence-electron chi connectivity index (χ1n) is 4.94. The van der Waals surface area contributed by atoms with Crippen molar-refractivity contribution in [1.82, 2.24) is 4.90 Å². The van der Waals surface area contributed by atoms with E-state index >= 15 is 0 Å². The second-order valence-corrected chi connectivity index (χ2v) is 3.53. The van der Waals surface area contributed by atoms with E-state index in [4.69, 9.17) is 23.7 Å². The van der Waals surface area contributed by atoms with Crippen LogP contribution in [-0.2, 0) is 0 Å². The van der Waals surface area contributed by atoms with Gasteiger partial charge in [0.25, 0.3) is 0 Å². The fourth-order valence-electron chi connectivity index (χ4n) is 1.27. The maximum Gasteiger partial charge on any atom is 0.0917 e. The van der Waals surface area contributed by atoms with Crippen LogP contribution in [0.4, 0.5) is 0 Å². The third kappa shape index (κ3) is 5.96. The predicted molar refractivity (Wildman–Crippen MR) is 61.8 cm³/mol. The summed E-state index contributed by atoms with van der Waals surface area (Å²) in [5.41, 5.74) is 10.3. The van der Waals surface area contributed by atoms with Crippen LogP contribution >= 0.6 is 12.2 Å². The van der Waals surface area contributed by atoms with Crippen LogP contribution in [0.5, 0.6) is 0 Å². The Kier molecular flexibility index (Phi) is 8.29. The SMILES string of the molecule is CCN.NCC(=S)N1CCCCC1. The largest absolute Gasteiger partial charge is 0.365 e. The number of rotatable bonds is 1. The summed E-state index contributed by atoms with van der Waals surface area (Å²) in [6, 6.07) is 0. The van der Waals surface area contributed by atoms with E-state index in [9.17, 15) is 0 Å². The molecule has 0 unspecified atom stereocenters. The van der Waals surface area contributed by atoms with E-state index in [1.165, 1.54) is 19.3 Å². The molecule has 0 spiro atoms. The Morgan fingerprint density at radius 2 is 1.69 bits per heavy atom. The smallest absolute Gasteiger partial charge is 0.0917 e. The van der Waals surface area contributed by atoms with Crippen molar-refractivity contribution in [1.29, 1.82) is 0 Å². The summed E-state index contributed by atoms with van der Waals surface area (Å²) in [7, 11) is 0. The Morgan fingerprint density at radius 1 is 1.23 bits per heavy atom. The van der Waals surface area contributed by atoms with Crippen LogP contribution in [0.3, 0.4) is 0 Å². The summed E-state index contributed by atoms with van der Waals surface area (Å²) >= 11 is 5.08. The quantitative estimate of drug-likeness (QED) is 0.617. The van der Waals surface area contributed by atoms with Crippen molar-refractivity contribution in [2.24, 2.45) is 11.5 Å². The molecular formula is C9H21N3S. The van der Waals surface area contributed by atoms with Gasteiger partial charge in [0.05, 0.1) is 4.99 Å². The molecule has 0 aromatic rings. The molecule has 4 heteroatoms. The van der Waals surface area contributed by atoms with E-state index in [-0.39, 0.29) is 0 Å². The molecule has 0 saturated carbocycles. The highest BCUT2D eigenvalue weighted by Gasteiger charge is 2.10. The first kappa shape index (κ1) is 12.8. The van der Waals surface area contributed by atoms with Crippen molar-refractivity contribution in [3.63, 3.8) is 0 Å². The van der Waals surface area contributed by atoms with Gasteiger partial charge in [-0.2, -0.15) is 0 Å². The van der Waals surface area contributed by atoms with Crippen LogP contribution in [0.15, 0.2) is 0 Å². The third-order valence-electron chi connectivity index (χ3n) is 1.88. The van der Waals surface area contributed by atoms with Crippen molar-refractivity contribution in [2.75, 3.05) is 26.2 Å². The Bertz CT molecular complexity index is 133. The normalized spacial score (nSPS) is 16.1. The average molecular weight is 203 g/mol. The number of hydrogen-bond donors (Lipinski definition) is 2. The molecule has 0 atom stereocenters. The van der Waals surface area contributed by atoms with Gasteiger partial charge >= 0.3 is 0 Å². The Morgan fingerprint density at radius 3 is 2.08 bits per heavy atom. The minimum atomic E-state index is 0.537. The highest BCUT2D eigenvalue weighted by atomic mass is 32.1. The lowest BCUT2D eigenvalue weighted by molar-refractivity contribution is 0.344. The summed E-state index contributed by atoms with van der Waals surface area (Å²) < 4.78 is 0. The topological polar surface area (TPSA) is 55.3 Å². The van der Waals surface area contributed by atoms with E-state index in [2.05, 4.69) is 4.90 Å². The first-order chi connectivity index (χ1) is 6.26. The lowest BCUT2D eigenvalue weighted by Crippen LogP contribution is -2.38. The summed E-state index contributed by atoms with van der Waals surface area (Å²) in [5, 5.41) is 0. The zero-order valence-electron chi connectivity index (χ0n) is 8.46. The highest BCUT2D eigenvalue weighted by Crippen LogP contribution is 2.08. The molecule has 0 aliphatic carbocycles. The molecule has 1 heterocycles. The van der Waals surface area contributed by atoms with E-state index in [1.807, 2.05) is 6.92 Å². The number of hydrogen-bond acceptors (Lipinski definition) is 3. The molecule has 0 aromatic carbocycles. The van der Waals surface area contributed by atoms with Gasteiger partial charge in [0, 0.05) is 19.6 Å². The van der Waals surface area contributed by atoms with E-state index < -0.39 is 0 Å². The lowest BCUT2D eigenvalue weighted by Gasteiger charge is -2.28. The molecule has 3 nitrogen and oxygen atoms in total. The van der Waals surface area contributed by atoms with Crippen LogP contribution in [-0.4, -0.2) is 36.1 Å². The van der Waals surface area contributed by atoms with Crippen LogP contribution in [0.1, 0.15) is 26.2 Å². The van der Waals surface area contributed by atoms with Crippen LogP contribution in [0, 0.1) is 0 Å². The molecule has 0 bridgehead atoms. The molecule has 1 fully saturated rings. The summed E-state index contributed by atoms with van der Waals surface area (Å²) in [6.45, 7) is 5.43. The second kappa shape index (κ2) is 8.41. The minimum Gasteiger partial charge on any atom is -0.365 e. The number of nitrogens with two attached hydrogens (primary N) is 2. The van der Waals surface area contributed by atoms with E-state index in [1.54, 1.807) is 0 Å². The number of piperidine rings is 1. The van der Waals surface area contributed by atoms with Crippen LogP contribution in [0.25, 0.3) is 0 Å². The van der Waals surface area contributed by atoms with Crippen molar-refractivity contribution < 1.29 is 0 Å². The van der Waals surface area contributed by atoms with Crippen molar-refractivity contribution in [3.8, 4) is 0 Å². The zero-order chi connectivity index (χ0) is 10.1. The Hall–Kier alpha value is -0.190. The standard InChI is InChI=1S/C7H14N2S.C2H7N/c8-6-7(10)9-4-2-1-3-5-9;1-2-3/h1-6,8H2;2-3H2,1H3. The van der Waals surface area contributed by atoms with Gasteiger partial charge in [-0.05, 0) is 25.8 Å². The molecule has 4 N–H and O–H groups in total. The molecule has 13 heavy (non-hydrogen) atoms. The van der Waals surface area contributed by atoms with Gasteiger partial charge < -0.3 is 16.4 Å². The van der Waals surface area contributed by atoms with E-state index in [0.717, 1.165) is 24.6 Å². The minimum absolute atomic E-state index is 0.537. The zero-order valence-corrected chi connectivity index (χ0v) is 9.28. The van der Waals surface area contributed by atoms with Crippen molar-refractivity contribution in [3.05, 3.63) is 0 Å². The average Bonchev–Trinajstić information content (AvgIpc) is 2.19. The van der Waals surface area contributed by atoms with Gasteiger partial charge in [-0.15, -0.1) is 0 Å². The molecular weight excluding hydrogens is 182 g/mol. The maximum absolute atomic E-state index is 5.42. The first-order valence-corrected chi connectivity index (χ1v) is 5.35. The van der Waals surface area contributed by atoms with Gasteiger partial charge in [-0.1, -0.05) is 19.1 Å². The summed E-state index contributed by atoms with van der Waals surface area (Å²) in [6.07, 6.45) is 3.91. The van der Waals surface area contributed by atoms with Crippen LogP contribution < -0.4 is 11.5 Å². The summed E-state index contributed by atoms with van der Waals surface area (Å²) in [4.78, 5) is 3.15. The molecule has 0 amide bonds. The van der Waals surface area contributed by atoms with Crippen molar-refractivity contribution in [2.45, 2.75) is 26.2 Å². The second-order valence-electron chi connectivity index (χ2n) is 3.05. The number of thiocarbonyl (C=S) groups is 1. The molecule has 1 aliphatic heterocycles. The maximum atomic E-state index is 5.42. The van der Waals surface area contributed by atoms with E-state index in [0.29, 0.717) is 6.54 Å². The van der Waals surface area contributed by atoms with Gasteiger partial charge in [-0.3, -0.25) is 0 Å². The van der Waals surface area contributed by atoms with Crippen molar-refractivity contribution >= 4 is 17.2 Å². The fourth-order valence-corrected chi connectivity index (χ4v) is 1.45. The monoisotopic (exact) mass is 203 g/mol. The molecule has 1 saturated heterocycles. The Balaban J connectivity index is 0.000000424. The number of nitrogens with zero attached hydrogens (tertiary/aromatic N) is 1. The van der Waals surface area contributed by atoms with Crippen LogP contribution in [0.2, 0.25) is 0 Å². The molecule has 78 valence electrons. The molecule has 1 aliphatic rings. The number of likely N-dealkylation sites (tertiary alicyclic amines) is 1. The van der Waals surface area contributed by atoms with Gasteiger partial charge in [0.15, 0.2) is 0 Å². The molecule has 0 aromatic heterocycles. The lowest BCUT2D eigenvalue weighted by atomic mass is 10.1. The van der Waals surface area contributed by atoms with Gasteiger partial charge in [0.2, 0.25) is 0 Å². The fraction of sp³-hybridized carbons (Fsp3) is 0.889. The van der Waals surface area contributed by atoms with Gasteiger partial charge in [0.1, 0.15) is 0 Å². The molecule has 1 rings (SSSR count). The van der Waals surface area contributed by atoms with Gasteiger partial charge in [-0.25, -0.2) is 0 Å². The summed E-state index contributed by atoms with van der Waals surface area (Å²) in [5.74, 6) is 0. The Labute approximate surface area is 86.5 Å². The third-order valence-corrected chi connectivity index (χ3v) is 2.31.